The predicted molar refractivity (Wildman–Crippen MR) is 81.7 cm³/mol. The van der Waals surface area contributed by atoms with Crippen LogP contribution < -0.4 is 4.74 Å². The zero-order chi connectivity index (χ0) is 15.5. The lowest BCUT2D eigenvalue weighted by atomic mass is 9.85. The molecule has 1 saturated heterocycles. The quantitative estimate of drug-likeness (QED) is 0.894. The van der Waals surface area contributed by atoms with Crippen LogP contribution in [0.25, 0.3) is 0 Å². The molecular weight excluding hydrogens is 268 g/mol. The summed E-state index contributed by atoms with van der Waals surface area (Å²) in [5.74, 6) is -0.0393. The van der Waals surface area contributed by atoms with Gasteiger partial charge in [0.05, 0.1) is 19.1 Å². The molecule has 1 fully saturated rings. The van der Waals surface area contributed by atoms with Crippen LogP contribution in [-0.4, -0.2) is 61.2 Å². The number of nitrogens with zero attached hydrogens (tertiary/aromatic N) is 2. The molecule has 0 spiro atoms. The van der Waals surface area contributed by atoms with Crippen LogP contribution >= 0.6 is 0 Å². The maximum atomic E-state index is 11.4. The number of rotatable bonds is 5. The minimum absolute atomic E-state index is 0.0666. The number of carboxylic acid groups (broad SMARTS) is 1. The predicted octanol–water partition coefficient (Wildman–Crippen LogP) is 1.63. The van der Waals surface area contributed by atoms with Gasteiger partial charge in [0.1, 0.15) is 5.75 Å². The Morgan fingerprint density at radius 2 is 1.90 bits per heavy atom. The van der Waals surface area contributed by atoms with Gasteiger partial charge in [-0.2, -0.15) is 0 Å². The molecule has 1 aliphatic heterocycles. The van der Waals surface area contributed by atoms with E-state index >= 15 is 0 Å². The van der Waals surface area contributed by atoms with Gasteiger partial charge in [0.15, 0.2) is 0 Å². The van der Waals surface area contributed by atoms with Crippen molar-refractivity contribution in [3.8, 4) is 5.75 Å². The number of benzene rings is 1. The van der Waals surface area contributed by atoms with Gasteiger partial charge in [0.2, 0.25) is 0 Å². The van der Waals surface area contributed by atoms with Crippen molar-refractivity contribution in [2.45, 2.75) is 18.9 Å². The lowest BCUT2D eigenvalue weighted by Crippen LogP contribution is -2.54. The van der Waals surface area contributed by atoms with E-state index in [-0.39, 0.29) is 6.42 Å². The third-order valence-electron chi connectivity index (χ3n) is 4.38. The highest BCUT2D eigenvalue weighted by molar-refractivity contribution is 5.69. The van der Waals surface area contributed by atoms with E-state index in [1.165, 1.54) is 0 Å². The molecule has 1 atom stereocenters. The Labute approximate surface area is 126 Å². The van der Waals surface area contributed by atoms with Crippen LogP contribution in [0.4, 0.5) is 0 Å². The van der Waals surface area contributed by atoms with E-state index in [1.54, 1.807) is 7.11 Å². The van der Waals surface area contributed by atoms with E-state index < -0.39 is 11.5 Å². The van der Waals surface area contributed by atoms with Crippen molar-refractivity contribution >= 4 is 5.97 Å². The van der Waals surface area contributed by atoms with Crippen molar-refractivity contribution in [1.82, 2.24) is 9.80 Å². The first-order valence-electron chi connectivity index (χ1n) is 7.26. The molecule has 0 bridgehead atoms. The first-order valence-corrected chi connectivity index (χ1v) is 7.26. The SMILES string of the molecule is COc1ccccc1C(C)(CC(=O)O)N1CCN(C)CC1. The van der Waals surface area contributed by atoms with Gasteiger partial charge in [0.25, 0.3) is 0 Å². The van der Waals surface area contributed by atoms with Crippen LogP contribution in [0.5, 0.6) is 5.75 Å². The highest BCUT2D eigenvalue weighted by Crippen LogP contribution is 2.38. The van der Waals surface area contributed by atoms with Crippen molar-refractivity contribution in [3.05, 3.63) is 29.8 Å². The second kappa shape index (κ2) is 6.45. The number of likely N-dealkylation sites (N-methyl/N-ethyl adjacent to an activating group) is 1. The molecule has 0 aromatic heterocycles. The summed E-state index contributed by atoms with van der Waals surface area (Å²) in [6.45, 7) is 5.62. The second-order valence-electron chi connectivity index (χ2n) is 5.83. The number of carboxylic acids is 1. The maximum Gasteiger partial charge on any atom is 0.305 e. The van der Waals surface area contributed by atoms with Gasteiger partial charge in [-0.1, -0.05) is 18.2 Å². The minimum Gasteiger partial charge on any atom is -0.496 e. The standard InChI is InChI=1S/C16H24N2O3/c1-16(12-15(19)20,18-10-8-17(2)9-11-18)13-6-4-5-7-14(13)21-3/h4-7H,8-12H2,1-3H3,(H,19,20). The van der Waals surface area contributed by atoms with E-state index in [4.69, 9.17) is 4.74 Å². The summed E-state index contributed by atoms with van der Waals surface area (Å²) in [5.41, 5.74) is 0.388. The molecule has 0 radical (unpaired) electrons. The van der Waals surface area contributed by atoms with Gasteiger partial charge >= 0.3 is 5.97 Å². The monoisotopic (exact) mass is 292 g/mol. The van der Waals surface area contributed by atoms with Gasteiger partial charge in [-0.25, -0.2) is 0 Å². The third kappa shape index (κ3) is 3.36. The Hall–Kier alpha value is -1.59. The van der Waals surface area contributed by atoms with Gasteiger partial charge < -0.3 is 14.7 Å². The molecule has 21 heavy (non-hydrogen) atoms. The Morgan fingerprint density at radius 1 is 1.29 bits per heavy atom. The molecule has 1 N–H and O–H groups in total. The van der Waals surface area contributed by atoms with Gasteiger partial charge in [-0.05, 0) is 20.0 Å². The van der Waals surface area contributed by atoms with Crippen molar-refractivity contribution in [2.75, 3.05) is 40.3 Å². The van der Waals surface area contributed by atoms with E-state index in [9.17, 15) is 9.90 Å². The van der Waals surface area contributed by atoms with Crippen LogP contribution in [0, 0.1) is 0 Å². The molecular formula is C16H24N2O3. The molecule has 0 aliphatic carbocycles. The normalized spacial score (nSPS) is 20.0. The fraction of sp³-hybridized carbons (Fsp3) is 0.562. The number of hydrogen-bond acceptors (Lipinski definition) is 4. The summed E-state index contributed by atoms with van der Waals surface area (Å²) < 4.78 is 5.46. The lowest BCUT2D eigenvalue weighted by molar-refractivity contribution is -0.141. The van der Waals surface area contributed by atoms with E-state index in [2.05, 4.69) is 16.8 Å². The first kappa shape index (κ1) is 15.8. The van der Waals surface area contributed by atoms with Crippen LogP contribution in [0.15, 0.2) is 24.3 Å². The van der Waals surface area contributed by atoms with Crippen molar-refractivity contribution in [3.63, 3.8) is 0 Å². The highest BCUT2D eigenvalue weighted by atomic mass is 16.5. The summed E-state index contributed by atoms with van der Waals surface area (Å²) in [5, 5.41) is 9.38. The number of ether oxygens (including phenoxy) is 1. The molecule has 5 heteroatoms. The molecule has 1 aromatic rings. The Morgan fingerprint density at radius 3 is 2.48 bits per heavy atom. The van der Waals surface area contributed by atoms with E-state index in [1.807, 2.05) is 31.2 Å². The van der Waals surface area contributed by atoms with Crippen molar-refractivity contribution in [2.24, 2.45) is 0 Å². The summed E-state index contributed by atoms with van der Waals surface area (Å²) >= 11 is 0. The van der Waals surface area contributed by atoms with E-state index in [0.717, 1.165) is 37.5 Å². The molecule has 1 unspecified atom stereocenters. The summed E-state index contributed by atoms with van der Waals surface area (Å²) in [7, 11) is 3.72. The molecule has 0 saturated carbocycles. The second-order valence-corrected chi connectivity index (χ2v) is 5.83. The lowest BCUT2D eigenvalue weighted by Gasteiger charge is -2.45. The van der Waals surface area contributed by atoms with Gasteiger partial charge in [0, 0.05) is 31.7 Å². The van der Waals surface area contributed by atoms with Crippen molar-refractivity contribution in [1.29, 1.82) is 0 Å². The van der Waals surface area contributed by atoms with Gasteiger partial charge in [-0.3, -0.25) is 9.69 Å². The largest absolute Gasteiger partial charge is 0.496 e. The zero-order valence-electron chi connectivity index (χ0n) is 13.0. The van der Waals surface area contributed by atoms with E-state index in [0.29, 0.717) is 0 Å². The number of piperazine rings is 1. The molecule has 1 aromatic carbocycles. The number of carbonyl (C=O) groups is 1. The fourth-order valence-corrected chi connectivity index (χ4v) is 3.06. The molecule has 116 valence electrons. The van der Waals surface area contributed by atoms with Crippen LogP contribution in [0.3, 0.4) is 0 Å². The Balaban J connectivity index is 2.38. The maximum absolute atomic E-state index is 11.4. The fourth-order valence-electron chi connectivity index (χ4n) is 3.06. The molecule has 1 aliphatic rings. The van der Waals surface area contributed by atoms with Gasteiger partial charge in [-0.15, -0.1) is 0 Å². The number of para-hydroxylation sites is 1. The molecule has 0 amide bonds. The molecule has 2 rings (SSSR count). The smallest absolute Gasteiger partial charge is 0.305 e. The number of hydrogen-bond donors (Lipinski definition) is 1. The minimum atomic E-state index is -0.790. The Bertz CT molecular complexity index is 498. The summed E-state index contributed by atoms with van der Waals surface area (Å²) in [4.78, 5) is 15.9. The van der Waals surface area contributed by atoms with Crippen LogP contribution in [0.2, 0.25) is 0 Å². The Kier molecular flexibility index (Phi) is 4.85. The topological polar surface area (TPSA) is 53.0 Å². The molecule has 1 heterocycles. The zero-order valence-corrected chi connectivity index (χ0v) is 13.0. The average molecular weight is 292 g/mol. The number of aliphatic carboxylic acids is 1. The highest BCUT2D eigenvalue weighted by Gasteiger charge is 2.39. The summed E-state index contributed by atoms with van der Waals surface area (Å²) in [6, 6.07) is 7.72. The van der Waals surface area contributed by atoms with Crippen LogP contribution in [-0.2, 0) is 10.3 Å². The average Bonchev–Trinajstić information content (AvgIpc) is 2.47. The third-order valence-corrected chi connectivity index (χ3v) is 4.38. The number of methoxy groups -OCH3 is 1. The molecule has 5 nitrogen and oxygen atoms in total. The first-order chi connectivity index (χ1) is 9.97. The van der Waals surface area contributed by atoms with Crippen molar-refractivity contribution < 1.29 is 14.6 Å². The van der Waals surface area contributed by atoms with Crippen LogP contribution in [0.1, 0.15) is 18.9 Å². The summed E-state index contributed by atoms with van der Waals surface area (Å²) in [6.07, 6.45) is 0.0666.